The van der Waals surface area contributed by atoms with Crippen LogP contribution in [0.1, 0.15) is 34.5 Å². The standard InChI is InChI=1S/C11H14BrN/c12-11(13)10-6-5-8-3-1-2-4-9(8)7-10/h5-7,11H,1-4,13H2. The minimum atomic E-state index is -0.0141. The molecule has 1 unspecified atom stereocenters. The van der Waals surface area contributed by atoms with Crippen LogP contribution in [0.25, 0.3) is 0 Å². The van der Waals surface area contributed by atoms with Crippen LogP contribution >= 0.6 is 15.9 Å². The van der Waals surface area contributed by atoms with Crippen molar-refractivity contribution in [2.75, 3.05) is 0 Å². The molecular weight excluding hydrogens is 226 g/mol. The lowest BCUT2D eigenvalue weighted by molar-refractivity contribution is 0.684. The Labute approximate surface area is 87.5 Å². The lowest BCUT2D eigenvalue weighted by Gasteiger charge is -2.17. The molecule has 1 aliphatic rings. The molecule has 1 aromatic carbocycles. The number of hydrogen-bond donors (Lipinski definition) is 1. The van der Waals surface area contributed by atoms with Gasteiger partial charge in [0.15, 0.2) is 0 Å². The van der Waals surface area contributed by atoms with Gasteiger partial charge >= 0.3 is 0 Å². The summed E-state index contributed by atoms with van der Waals surface area (Å²) in [4.78, 5) is -0.0141. The first-order valence-electron chi connectivity index (χ1n) is 4.79. The van der Waals surface area contributed by atoms with Gasteiger partial charge in [0.1, 0.15) is 0 Å². The molecule has 0 aliphatic heterocycles. The third kappa shape index (κ3) is 1.94. The monoisotopic (exact) mass is 239 g/mol. The van der Waals surface area contributed by atoms with Crippen LogP contribution in [0.4, 0.5) is 0 Å². The maximum atomic E-state index is 5.76. The Morgan fingerprint density at radius 2 is 1.85 bits per heavy atom. The van der Waals surface area contributed by atoms with Crippen molar-refractivity contribution in [1.29, 1.82) is 0 Å². The molecule has 0 spiro atoms. The Bertz CT molecular complexity index is 307. The van der Waals surface area contributed by atoms with E-state index in [4.69, 9.17) is 5.73 Å². The van der Waals surface area contributed by atoms with Crippen LogP contribution in [0.2, 0.25) is 0 Å². The molecule has 1 atom stereocenters. The molecule has 2 heteroatoms. The van der Waals surface area contributed by atoms with Gasteiger partial charge < -0.3 is 5.73 Å². The molecule has 1 aromatic rings. The van der Waals surface area contributed by atoms with E-state index >= 15 is 0 Å². The van der Waals surface area contributed by atoms with Gasteiger partial charge in [0.2, 0.25) is 0 Å². The summed E-state index contributed by atoms with van der Waals surface area (Å²) < 4.78 is 0. The van der Waals surface area contributed by atoms with Crippen LogP contribution < -0.4 is 5.73 Å². The number of fused-ring (bicyclic) bond motifs is 1. The van der Waals surface area contributed by atoms with Crippen molar-refractivity contribution in [2.45, 2.75) is 30.6 Å². The van der Waals surface area contributed by atoms with Crippen molar-refractivity contribution in [2.24, 2.45) is 5.73 Å². The van der Waals surface area contributed by atoms with Gasteiger partial charge in [-0.25, -0.2) is 0 Å². The lowest BCUT2D eigenvalue weighted by Crippen LogP contribution is -2.06. The highest BCUT2D eigenvalue weighted by Gasteiger charge is 2.10. The fourth-order valence-electron chi connectivity index (χ4n) is 1.92. The number of alkyl halides is 1. The minimum absolute atomic E-state index is 0.0141. The second-order valence-electron chi connectivity index (χ2n) is 3.64. The smallest absolute Gasteiger partial charge is 0.0861 e. The molecule has 0 radical (unpaired) electrons. The maximum Gasteiger partial charge on any atom is 0.0861 e. The first-order valence-corrected chi connectivity index (χ1v) is 5.70. The SMILES string of the molecule is NC(Br)c1ccc2c(c1)CCCC2. The Morgan fingerprint density at radius 1 is 1.15 bits per heavy atom. The van der Waals surface area contributed by atoms with E-state index in [-0.39, 0.29) is 4.95 Å². The van der Waals surface area contributed by atoms with Gasteiger partial charge in [-0.2, -0.15) is 0 Å². The van der Waals surface area contributed by atoms with Crippen LogP contribution in [0.3, 0.4) is 0 Å². The van der Waals surface area contributed by atoms with Gasteiger partial charge in [-0.1, -0.05) is 34.1 Å². The summed E-state index contributed by atoms with van der Waals surface area (Å²) in [6.45, 7) is 0. The van der Waals surface area contributed by atoms with E-state index < -0.39 is 0 Å². The van der Waals surface area contributed by atoms with E-state index in [1.807, 2.05) is 0 Å². The molecule has 0 amide bonds. The van der Waals surface area contributed by atoms with Crippen LogP contribution in [0.15, 0.2) is 18.2 Å². The Hall–Kier alpha value is -0.340. The number of rotatable bonds is 1. The molecule has 0 bridgehead atoms. The molecule has 0 heterocycles. The molecule has 1 aliphatic carbocycles. The van der Waals surface area contributed by atoms with Gasteiger partial charge in [-0.3, -0.25) is 0 Å². The van der Waals surface area contributed by atoms with Crippen molar-refractivity contribution < 1.29 is 0 Å². The average molecular weight is 240 g/mol. The second-order valence-corrected chi connectivity index (χ2v) is 4.62. The first kappa shape index (κ1) is 9.22. The highest BCUT2D eigenvalue weighted by atomic mass is 79.9. The Kier molecular flexibility index (Phi) is 2.70. The van der Waals surface area contributed by atoms with Crippen molar-refractivity contribution in [1.82, 2.24) is 0 Å². The molecule has 2 N–H and O–H groups in total. The van der Waals surface area contributed by atoms with Crippen molar-refractivity contribution in [3.8, 4) is 0 Å². The predicted octanol–water partition coefficient (Wildman–Crippen LogP) is 2.92. The van der Waals surface area contributed by atoms with Crippen LogP contribution in [0, 0.1) is 0 Å². The zero-order valence-electron chi connectivity index (χ0n) is 7.59. The van der Waals surface area contributed by atoms with Crippen LogP contribution in [-0.2, 0) is 12.8 Å². The van der Waals surface area contributed by atoms with Gasteiger partial charge in [0.25, 0.3) is 0 Å². The Balaban J connectivity index is 2.35. The number of hydrogen-bond acceptors (Lipinski definition) is 1. The third-order valence-electron chi connectivity index (χ3n) is 2.69. The number of aryl methyl sites for hydroxylation is 2. The quantitative estimate of drug-likeness (QED) is 0.592. The average Bonchev–Trinajstić information content (AvgIpc) is 2.17. The summed E-state index contributed by atoms with van der Waals surface area (Å²) in [7, 11) is 0. The summed E-state index contributed by atoms with van der Waals surface area (Å²) in [6, 6.07) is 6.60. The molecule has 0 saturated carbocycles. The van der Waals surface area contributed by atoms with Crippen molar-refractivity contribution in [3.63, 3.8) is 0 Å². The van der Waals surface area contributed by atoms with Gasteiger partial charge in [0.05, 0.1) is 4.95 Å². The highest BCUT2D eigenvalue weighted by Crippen LogP contribution is 2.25. The molecule has 13 heavy (non-hydrogen) atoms. The number of benzene rings is 1. The van der Waals surface area contributed by atoms with Gasteiger partial charge in [0, 0.05) is 0 Å². The van der Waals surface area contributed by atoms with E-state index in [9.17, 15) is 0 Å². The Morgan fingerprint density at radius 3 is 2.54 bits per heavy atom. The molecule has 0 saturated heterocycles. The molecule has 2 rings (SSSR count). The van der Waals surface area contributed by atoms with Crippen LogP contribution in [0.5, 0.6) is 0 Å². The summed E-state index contributed by atoms with van der Waals surface area (Å²) in [5.74, 6) is 0. The van der Waals surface area contributed by atoms with E-state index in [2.05, 4.69) is 34.1 Å². The molecule has 0 fully saturated rings. The van der Waals surface area contributed by atoms with Gasteiger partial charge in [-0.15, -0.1) is 0 Å². The summed E-state index contributed by atoms with van der Waals surface area (Å²) >= 11 is 3.39. The van der Waals surface area contributed by atoms with E-state index in [0.29, 0.717) is 0 Å². The zero-order valence-corrected chi connectivity index (χ0v) is 9.18. The normalized spacial score (nSPS) is 18.0. The fourth-order valence-corrected chi connectivity index (χ4v) is 2.21. The fraction of sp³-hybridized carbons (Fsp3) is 0.455. The molecule has 1 nitrogen and oxygen atoms in total. The summed E-state index contributed by atoms with van der Waals surface area (Å²) in [5, 5.41) is 0. The van der Waals surface area contributed by atoms with Crippen molar-refractivity contribution in [3.05, 3.63) is 34.9 Å². The lowest BCUT2D eigenvalue weighted by atomic mass is 9.90. The topological polar surface area (TPSA) is 26.0 Å². The largest absolute Gasteiger partial charge is 0.315 e. The molecule has 70 valence electrons. The minimum Gasteiger partial charge on any atom is -0.315 e. The number of halogens is 1. The molecular formula is C11H14BrN. The van der Waals surface area contributed by atoms with Gasteiger partial charge in [-0.05, 0) is 42.4 Å². The summed E-state index contributed by atoms with van der Waals surface area (Å²) in [6.07, 6.45) is 5.14. The first-order chi connectivity index (χ1) is 6.27. The van der Waals surface area contributed by atoms with Crippen molar-refractivity contribution >= 4 is 15.9 Å². The second kappa shape index (κ2) is 3.81. The summed E-state index contributed by atoms with van der Waals surface area (Å²) in [5.41, 5.74) is 9.97. The number of nitrogens with two attached hydrogens (primary N) is 1. The van der Waals surface area contributed by atoms with E-state index in [0.717, 1.165) is 0 Å². The maximum absolute atomic E-state index is 5.76. The van der Waals surface area contributed by atoms with E-state index in [1.165, 1.54) is 42.4 Å². The third-order valence-corrected chi connectivity index (χ3v) is 3.22. The van der Waals surface area contributed by atoms with Crippen LogP contribution in [-0.4, -0.2) is 0 Å². The predicted molar refractivity (Wildman–Crippen MR) is 58.9 cm³/mol. The van der Waals surface area contributed by atoms with E-state index in [1.54, 1.807) is 0 Å². The highest BCUT2D eigenvalue weighted by molar-refractivity contribution is 9.09. The molecule has 0 aromatic heterocycles. The zero-order chi connectivity index (χ0) is 9.26.